The van der Waals surface area contributed by atoms with Crippen molar-refractivity contribution in [2.75, 3.05) is 6.61 Å². The smallest absolute Gasteiger partial charge is 0.354 e. The van der Waals surface area contributed by atoms with E-state index in [-0.39, 0.29) is 5.97 Å². The van der Waals surface area contributed by atoms with Gasteiger partial charge in [0.05, 0.1) is 6.61 Å². The van der Waals surface area contributed by atoms with Crippen LogP contribution in [0.2, 0.25) is 0 Å². The quantitative estimate of drug-likeness (QED) is 0.559. The lowest BCUT2D eigenvalue weighted by Crippen LogP contribution is -2.06. The summed E-state index contributed by atoms with van der Waals surface area (Å²) < 4.78 is 5.02. The Morgan fingerprint density at radius 2 is 2.38 bits per heavy atom. The summed E-state index contributed by atoms with van der Waals surface area (Å²) in [7, 11) is 0. The zero-order valence-electron chi connectivity index (χ0n) is 7.88. The molecule has 0 amide bonds. The monoisotopic (exact) mass is 181 g/mol. The SMILES string of the molecule is CCCCCOC(=O)c1ccc[nH]1. The predicted molar refractivity (Wildman–Crippen MR) is 50.6 cm³/mol. The third-order valence-electron chi connectivity index (χ3n) is 1.80. The Hall–Kier alpha value is -1.25. The largest absolute Gasteiger partial charge is 0.461 e. The van der Waals surface area contributed by atoms with E-state index in [0.29, 0.717) is 12.3 Å². The summed E-state index contributed by atoms with van der Waals surface area (Å²) in [6, 6.07) is 3.49. The molecule has 0 fully saturated rings. The molecule has 1 heterocycles. The highest BCUT2D eigenvalue weighted by Crippen LogP contribution is 2.00. The summed E-state index contributed by atoms with van der Waals surface area (Å²) in [4.78, 5) is 14.0. The van der Waals surface area contributed by atoms with Crippen LogP contribution in [0.4, 0.5) is 0 Å². The average molecular weight is 181 g/mol. The Labute approximate surface area is 78.1 Å². The summed E-state index contributed by atoms with van der Waals surface area (Å²) >= 11 is 0. The second-order valence-electron chi connectivity index (χ2n) is 2.93. The van der Waals surface area contributed by atoms with Gasteiger partial charge in [-0.3, -0.25) is 0 Å². The normalized spacial score (nSPS) is 9.92. The van der Waals surface area contributed by atoms with Gasteiger partial charge in [0, 0.05) is 6.20 Å². The molecule has 0 spiro atoms. The second kappa shape index (κ2) is 5.41. The number of unbranched alkanes of at least 4 members (excludes halogenated alkanes) is 2. The van der Waals surface area contributed by atoms with E-state index in [4.69, 9.17) is 4.74 Å². The molecule has 0 saturated heterocycles. The van der Waals surface area contributed by atoms with Gasteiger partial charge in [-0.1, -0.05) is 19.8 Å². The van der Waals surface area contributed by atoms with E-state index >= 15 is 0 Å². The van der Waals surface area contributed by atoms with Crippen LogP contribution >= 0.6 is 0 Å². The number of carbonyl (C=O) groups is 1. The fraction of sp³-hybridized carbons (Fsp3) is 0.500. The van der Waals surface area contributed by atoms with Crippen molar-refractivity contribution < 1.29 is 9.53 Å². The van der Waals surface area contributed by atoms with E-state index in [1.54, 1.807) is 18.3 Å². The first-order valence-corrected chi connectivity index (χ1v) is 4.65. The van der Waals surface area contributed by atoms with Crippen molar-refractivity contribution in [2.24, 2.45) is 0 Å². The van der Waals surface area contributed by atoms with Crippen molar-refractivity contribution in [1.82, 2.24) is 4.98 Å². The number of rotatable bonds is 5. The first kappa shape index (κ1) is 9.84. The highest BCUT2D eigenvalue weighted by molar-refractivity contribution is 5.87. The molecule has 0 aliphatic heterocycles. The van der Waals surface area contributed by atoms with Crippen LogP contribution in [0.1, 0.15) is 36.7 Å². The van der Waals surface area contributed by atoms with Crippen LogP contribution < -0.4 is 0 Å². The number of esters is 1. The summed E-state index contributed by atoms with van der Waals surface area (Å²) in [5.41, 5.74) is 0.525. The molecular formula is C10H15NO2. The maximum atomic E-state index is 11.2. The highest BCUT2D eigenvalue weighted by Gasteiger charge is 2.05. The first-order valence-electron chi connectivity index (χ1n) is 4.65. The van der Waals surface area contributed by atoms with Crippen molar-refractivity contribution in [2.45, 2.75) is 26.2 Å². The Morgan fingerprint density at radius 3 is 3.00 bits per heavy atom. The van der Waals surface area contributed by atoms with Gasteiger partial charge < -0.3 is 9.72 Å². The molecule has 0 aliphatic rings. The number of H-pyrrole nitrogens is 1. The molecule has 72 valence electrons. The third kappa shape index (κ3) is 3.32. The van der Waals surface area contributed by atoms with Gasteiger partial charge in [-0.25, -0.2) is 4.79 Å². The van der Waals surface area contributed by atoms with Gasteiger partial charge in [-0.15, -0.1) is 0 Å². The highest BCUT2D eigenvalue weighted by atomic mass is 16.5. The summed E-state index contributed by atoms with van der Waals surface area (Å²) in [5, 5.41) is 0. The first-order chi connectivity index (χ1) is 6.34. The van der Waals surface area contributed by atoms with Gasteiger partial charge in [0.2, 0.25) is 0 Å². The molecule has 0 bridgehead atoms. The maximum Gasteiger partial charge on any atom is 0.354 e. The second-order valence-corrected chi connectivity index (χ2v) is 2.93. The van der Waals surface area contributed by atoms with E-state index in [0.717, 1.165) is 19.3 Å². The van der Waals surface area contributed by atoms with Crippen molar-refractivity contribution in [3.63, 3.8) is 0 Å². The Kier molecular flexibility index (Phi) is 4.09. The fourth-order valence-corrected chi connectivity index (χ4v) is 1.05. The van der Waals surface area contributed by atoms with Crippen molar-refractivity contribution in [3.8, 4) is 0 Å². The van der Waals surface area contributed by atoms with Crippen molar-refractivity contribution in [1.29, 1.82) is 0 Å². The van der Waals surface area contributed by atoms with Crippen LogP contribution in [0.15, 0.2) is 18.3 Å². The van der Waals surface area contributed by atoms with Gasteiger partial charge in [-0.05, 0) is 18.6 Å². The molecule has 0 saturated carbocycles. The summed E-state index contributed by atoms with van der Waals surface area (Å²) in [6.45, 7) is 2.64. The van der Waals surface area contributed by atoms with Crippen LogP contribution in [-0.4, -0.2) is 17.6 Å². The lowest BCUT2D eigenvalue weighted by Gasteiger charge is -2.01. The zero-order chi connectivity index (χ0) is 9.52. The molecule has 3 nitrogen and oxygen atoms in total. The number of carbonyl (C=O) groups excluding carboxylic acids is 1. The van der Waals surface area contributed by atoms with Gasteiger partial charge in [-0.2, -0.15) is 0 Å². The van der Waals surface area contributed by atoms with E-state index in [1.807, 2.05) is 0 Å². The Morgan fingerprint density at radius 1 is 1.54 bits per heavy atom. The number of hydrogen-bond acceptors (Lipinski definition) is 2. The molecule has 0 atom stereocenters. The molecule has 3 heteroatoms. The van der Waals surface area contributed by atoms with E-state index in [2.05, 4.69) is 11.9 Å². The zero-order valence-corrected chi connectivity index (χ0v) is 7.88. The Bertz CT molecular complexity index is 241. The molecular weight excluding hydrogens is 166 g/mol. The molecule has 1 aromatic rings. The average Bonchev–Trinajstić information content (AvgIpc) is 2.65. The topological polar surface area (TPSA) is 42.1 Å². The van der Waals surface area contributed by atoms with Gasteiger partial charge in [0.15, 0.2) is 0 Å². The number of nitrogens with one attached hydrogen (secondary N) is 1. The standard InChI is InChI=1S/C10H15NO2/c1-2-3-4-8-13-10(12)9-6-5-7-11-9/h5-7,11H,2-4,8H2,1H3. The van der Waals surface area contributed by atoms with Crippen LogP contribution in [0.25, 0.3) is 0 Å². The third-order valence-corrected chi connectivity index (χ3v) is 1.80. The van der Waals surface area contributed by atoms with Crippen LogP contribution in [0.3, 0.4) is 0 Å². The molecule has 13 heavy (non-hydrogen) atoms. The number of ether oxygens (including phenoxy) is 1. The van der Waals surface area contributed by atoms with Crippen LogP contribution in [0, 0.1) is 0 Å². The van der Waals surface area contributed by atoms with Gasteiger partial charge in [0.25, 0.3) is 0 Å². The molecule has 1 aromatic heterocycles. The summed E-state index contributed by atoms with van der Waals surface area (Å²) in [5.74, 6) is -0.263. The minimum Gasteiger partial charge on any atom is -0.461 e. The lowest BCUT2D eigenvalue weighted by molar-refractivity contribution is 0.0492. The van der Waals surface area contributed by atoms with Crippen LogP contribution in [-0.2, 0) is 4.74 Å². The molecule has 1 N–H and O–H groups in total. The maximum absolute atomic E-state index is 11.2. The van der Waals surface area contributed by atoms with Crippen molar-refractivity contribution in [3.05, 3.63) is 24.0 Å². The number of hydrogen-bond donors (Lipinski definition) is 1. The number of aromatic nitrogens is 1. The minimum atomic E-state index is -0.263. The lowest BCUT2D eigenvalue weighted by atomic mass is 10.3. The van der Waals surface area contributed by atoms with E-state index in [9.17, 15) is 4.79 Å². The van der Waals surface area contributed by atoms with Crippen LogP contribution in [0.5, 0.6) is 0 Å². The molecule has 0 radical (unpaired) electrons. The number of aromatic amines is 1. The molecule has 1 rings (SSSR count). The predicted octanol–water partition coefficient (Wildman–Crippen LogP) is 2.36. The van der Waals surface area contributed by atoms with E-state index < -0.39 is 0 Å². The van der Waals surface area contributed by atoms with Crippen molar-refractivity contribution >= 4 is 5.97 Å². The Balaban J connectivity index is 2.19. The molecule has 0 unspecified atom stereocenters. The fourth-order valence-electron chi connectivity index (χ4n) is 1.05. The van der Waals surface area contributed by atoms with E-state index in [1.165, 1.54) is 0 Å². The van der Waals surface area contributed by atoms with Gasteiger partial charge >= 0.3 is 5.97 Å². The van der Waals surface area contributed by atoms with Gasteiger partial charge in [0.1, 0.15) is 5.69 Å². The summed E-state index contributed by atoms with van der Waals surface area (Å²) in [6.07, 6.45) is 4.91. The molecule has 0 aliphatic carbocycles. The minimum absolute atomic E-state index is 0.263. The molecule has 0 aromatic carbocycles.